The van der Waals surface area contributed by atoms with Crippen molar-refractivity contribution >= 4 is 17.6 Å². The lowest BCUT2D eigenvalue weighted by Gasteiger charge is -2.22. The molecule has 1 aromatic heterocycles. The van der Waals surface area contributed by atoms with E-state index in [1.54, 1.807) is 0 Å². The summed E-state index contributed by atoms with van der Waals surface area (Å²) < 4.78 is 0. The van der Waals surface area contributed by atoms with E-state index in [0.717, 1.165) is 24.7 Å². The number of nitrogens with one attached hydrogen (secondary N) is 1. The summed E-state index contributed by atoms with van der Waals surface area (Å²) >= 11 is 0. The normalized spacial score (nSPS) is 14.9. The van der Waals surface area contributed by atoms with Crippen LogP contribution in [0.5, 0.6) is 0 Å². The van der Waals surface area contributed by atoms with Gasteiger partial charge in [-0.1, -0.05) is 0 Å². The number of nitrogen functional groups attached to an aromatic ring is 1. The Morgan fingerprint density at radius 1 is 1.44 bits per heavy atom. The topological polar surface area (TPSA) is 67.1 Å². The van der Waals surface area contributed by atoms with E-state index in [2.05, 4.69) is 27.1 Å². The number of aromatic nitrogens is 2. The average molecular weight is 221 g/mol. The molecule has 0 bridgehead atoms. The van der Waals surface area contributed by atoms with E-state index < -0.39 is 0 Å². The van der Waals surface area contributed by atoms with Crippen LogP contribution in [-0.4, -0.2) is 29.1 Å². The fourth-order valence-electron chi connectivity index (χ4n) is 1.86. The monoisotopic (exact) mass is 221 g/mol. The van der Waals surface area contributed by atoms with Gasteiger partial charge in [-0.05, 0) is 26.7 Å². The number of anilines is 3. The van der Waals surface area contributed by atoms with E-state index in [-0.39, 0.29) is 0 Å². The van der Waals surface area contributed by atoms with Crippen LogP contribution < -0.4 is 16.0 Å². The molecule has 5 nitrogen and oxygen atoms in total. The van der Waals surface area contributed by atoms with E-state index in [0.29, 0.717) is 12.0 Å². The van der Waals surface area contributed by atoms with Gasteiger partial charge < -0.3 is 16.0 Å². The van der Waals surface area contributed by atoms with Gasteiger partial charge in [0.15, 0.2) is 0 Å². The highest BCUT2D eigenvalue weighted by Crippen LogP contribution is 2.31. The number of rotatable bonds is 5. The molecule has 1 heterocycles. The molecule has 1 aromatic rings. The highest BCUT2D eigenvalue weighted by Gasteiger charge is 2.29. The van der Waals surface area contributed by atoms with Crippen molar-refractivity contribution in [2.75, 3.05) is 29.0 Å². The maximum absolute atomic E-state index is 5.71. The summed E-state index contributed by atoms with van der Waals surface area (Å²) in [6.07, 6.45) is 2.52. The first-order chi connectivity index (χ1) is 7.74. The quantitative estimate of drug-likeness (QED) is 0.788. The maximum Gasteiger partial charge on any atom is 0.223 e. The third kappa shape index (κ3) is 2.35. The first kappa shape index (κ1) is 11.0. The lowest BCUT2D eigenvalue weighted by molar-refractivity contribution is 0.807. The van der Waals surface area contributed by atoms with Crippen molar-refractivity contribution in [2.45, 2.75) is 32.7 Å². The van der Waals surface area contributed by atoms with Crippen molar-refractivity contribution in [3.05, 3.63) is 6.07 Å². The lowest BCUT2D eigenvalue weighted by atomic mass is 10.4. The van der Waals surface area contributed by atoms with E-state index >= 15 is 0 Å². The fourth-order valence-corrected chi connectivity index (χ4v) is 1.86. The molecule has 0 amide bonds. The molecular weight excluding hydrogens is 202 g/mol. The summed E-state index contributed by atoms with van der Waals surface area (Å²) in [7, 11) is 0. The second-order valence-electron chi connectivity index (χ2n) is 4.02. The first-order valence-corrected chi connectivity index (χ1v) is 5.89. The summed E-state index contributed by atoms with van der Waals surface area (Å²) in [5.41, 5.74) is 5.71. The number of nitrogens with two attached hydrogens (primary N) is 1. The van der Waals surface area contributed by atoms with Crippen LogP contribution in [0.4, 0.5) is 17.6 Å². The standard InChI is InChI=1S/C11H19N5/c1-3-13-9-7-10(15-11(12)14-9)16(4-2)8-5-6-8/h7-8H,3-6H2,1-2H3,(H3,12,13,14,15). The van der Waals surface area contributed by atoms with Gasteiger partial charge in [0.25, 0.3) is 0 Å². The predicted octanol–water partition coefficient (Wildman–Crippen LogP) is 1.48. The highest BCUT2D eigenvalue weighted by atomic mass is 15.3. The molecule has 0 radical (unpaired) electrons. The zero-order valence-corrected chi connectivity index (χ0v) is 9.90. The van der Waals surface area contributed by atoms with Crippen molar-refractivity contribution in [2.24, 2.45) is 0 Å². The minimum absolute atomic E-state index is 0.340. The second-order valence-corrected chi connectivity index (χ2v) is 4.02. The Kier molecular flexibility index (Phi) is 3.12. The number of hydrogen-bond donors (Lipinski definition) is 2. The summed E-state index contributed by atoms with van der Waals surface area (Å²) in [4.78, 5) is 10.7. The fraction of sp³-hybridized carbons (Fsp3) is 0.636. The van der Waals surface area contributed by atoms with Gasteiger partial charge in [0.2, 0.25) is 5.95 Å². The first-order valence-electron chi connectivity index (χ1n) is 5.89. The minimum atomic E-state index is 0.340. The van der Waals surface area contributed by atoms with Crippen molar-refractivity contribution in [1.82, 2.24) is 9.97 Å². The molecule has 16 heavy (non-hydrogen) atoms. The van der Waals surface area contributed by atoms with Gasteiger partial charge in [-0.2, -0.15) is 9.97 Å². The molecule has 1 saturated carbocycles. The van der Waals surface area contributed by atoms with Crippen molar-refractivity contribution < 1.29 is 0 Å². The summed E-state index contributed by atoms with van der Waals surface area (Å²) in [5.74, 6) is 2.09. The Bertz CT molecular complexity index is 361. The van der Waals surface area contributed by atoms with Gasteiger partial charge in [0, 0.05) is 25.2 Å². The molecule has 3 N–H and O–H groups in total. The molecule has 0 atom stereocenters. The molecule has 0 unspecified atom stereocenters. The zero-order valence-electron chi connectivity index (χ0n) is 9.90. The predicted molar refractivity (Wildman–Crippen MR) is 66.7 cm³/mol. The Hall–Kier alpha value is -1.52. The Morgan fingerprint density at radius 3 is 2.75 bits per heavy atom. The van der Waals surface area contributed by atoms with E-state index in [1.807, 2.05) is 13.0 Å². The van der Waals surface area contributed by atoms with Crippen molar-refractivity contribution in [1.29, 1.82) is 0 Å². The van der Waals surface area contributed by atoms with Gasteiger partial charge >= 0.3 is 0 Å². The Labute approximate surface area is 96.1 Å². The third-order valence-corrected chi connectivity index (χ3v) is 2.71. The van der Waals surface area contributed by atoms with Crippen LogP contribution >= 0.6 is 0 Å². The second kappa shape index (κ2) is 4.55. The maximum atomic E-state index is 5.71. The smallest absolute Gasteiger partial charge is 0.223 e. The van der Waals surface area contributed by atoms with Crippen LogP contribution in [0, 0.1) is 0 Å². The van der Waals surface area contributed by atoms with Crippen LogP contribution in [0.3, 0.4) is 0 Å². The van der Waals surface area contributed by atoms with E-state index in [1.165, 1.54) is 12.8 Å². The molecule has 0 spiro atoms. The molecule has 2 rings (SSSR count). The number of nitrogens with zero attached hydrogens (tertiary/aromatic N) is 3. The van der Waals surface area contributed by atoms with Gasteiger partial charge in [-0.15, -0.1) is 0 Å². The molecular formula is C11H19N5. The van der Waals surface area contributed by atoms with Crippen molar-refractivity contribution in [3.63, 3.8) is 0 Å². The SMILES string of the molecule is CCNc1cc(N(CC)C2CC2)nc(N)n1. The van der Waals surface area contributed by atoms with Gasteiger partial charge in [0.1, 0.15) is 11.6 Å². The van der Waals surface area contributed by atoms with Crippen LogP contribution in [0.1, 0.15) is 26.7 Å². The molecule has 1 fully saturated rings. The molecule has 0 aromatic carbocycles. The zero-order chi connectivity index (χ0) is 11.5. The molecule has 0 aliphatic heterocycles. The van der Waals surface area contributed by atoms with E-state index in [4.69, 9.17) is 5.73 Å². The summed E-state index contributed by atoms with van der Waals surface area (Å²) in [6, 6.07) is 2.62. The van der Waals surface area contributed by atoms with Crippen LogP contribution in [0.2, 0.25) is 0 Å². The van der Waals surface area contributed by atoms with Crippen molar-refractivity contribution in [3.8, 4) is 0 Å². The largest absolute Gasteiger partial charge is 0.370 e. The Morgan fingerprint density at radius 2 is 2.19 bits per heavy atom. The van der Waals surface area contributed by atoms with Gasteiger partial charge in [-0.3, -0.25) is 0 Å². The van der Waals surface area contributed by atoms with Crippen LogP contribution in [0.25, 0.3) is 0 Å². The molecule has 88 valence electrons. The lowest BCUT2D eigenvalue weighted by Crippen LogP contribution is -2.26. The molecule has 1 aliphatic rings. The summed E-state index contributed by atoms with van der Waals surface area (Å²) in [5, 5.41) is 3.17. The van der Waals surface area contributed by atoms with Crippen LogP contribution in [-0.2, 0) is 0 Å². The molecule has 1 aliphatic carbocycles. The van der Waals surface area contributed by atoms with Crippen LogP contribution in [0.15, 0.2) is 6.07 Å². The molecule has 5 heteroatoms. The molecule has 0 saturated heterocycles. The van der Waals surface area contributed by atoms with Gasteiger partial charge in [-0.25, -0.2) is 0 Å². The van der Waals surface area contributed by atoms with E-state index in [9.17, 15) is 0 Å². The Balaban J connectivity index is 2.24. The third-order valence-electron chi connectivity index (χ3n) is 2.71. The average Bonchev–Trinajstić information content (AvgIpc) is 3.03. The highest BCUT2D eigenvalue weighted by molar-refractivity contribution is 5.53. The summed E-state index contributed by atoms with van der Waals surface area (Å²) in [6.45, 7) is 5.98. The van der Waals surface area contributed by atoms with Gasteiger partial charge in [0.05, 0.1) is 0 Å². The minimum Gasteiger partial charge on any atom is -0.370 e. The number of hydrogen-bond acceptors (Lipinski definition) is 5.